The number of hydrogen-bond donors (Lipinski definition) is 0. The van der Waals surface area contributed by atoms with Crippen LogP contribution in [0.2, 0.25) is 0 Å². The van der Waals surface area contributed by atoms with Crippen molar-refractivity contribution in [1.82, 2.24) is 24.9 Å². The normalized spacial score (nSPS) is 14.8. The molecule has 11 aromatic rings. The SMILES string of the molecule is C1=CC2Oc3c(-c4ccc(-c5nc(-c6ccc(-c7ccccc7)cc6)nc(-c6ccc7oc8ccccc8c7c6)n5)cc4)ccc(-c4cc(-c5ccccn5)cc(-c5ccccn5)c4)c3OC2C=C1. The van der Waals surface area contributed by atoms with Crippen LogP contribution in [0.5, 0.6) is 11.5 Å². The molecule has 0 radical (unpaired) electrons. The molecule has 0 spiro atoms. The van der Waals surface area contributed by atoms with Crippen LogP contribution in [0.1, 0.15) is 0 Å². The number of nitrogens with zero attached hydrogens (tertiary/aromatic N) is 5. The van der Waals surface area contributed by atoms with E-state index in [2.05, 4.69) is 115 Å². The summed E-state index contributed by atoms with van der Waals surface area (Å²) in [6.07, 6.45) is 11.2. The standard InChI is InChI=1S/C61H39N5O3/c1-2-12-38(13-3-1)39-20-24-41(25-21-39)59-64-60(66-61(65-59)43-28-31-54-50(37-43)49-14-4-5-17-53(49)67-54)42-26-22-40(23-27-42)47-29-30-48(58-57(47)68-55-18-6-7-19-56(55)69-58)44-34-45(51-15-8-10-32-62-51)36-46(35-44)52-16-9-11-33-63-52/h1-37,55-56H. The Kier molecular flexibility index (Phi) is 9.79. The van der Waals surface area contributed by atoms with Crippen LogP contribution in [0.4, 0.5) is 0 Å². The van der Waals surface area contributed by atoms with Crippen LogP contribution in [0, 0.1) is 0 Å². The molecule has 0 fully saturated rings. The highest BCUT2D eigenvalue weighted by atomic mass is 16.6. The first-order chi connectivity index (χ1) is 34.1. The number of furan rings is 1. The van der Waals surface area contributed by atoms with Gasteiger partial charge in [-0.2, -0.15) is 0 Å². The summed E-state index contributed by atoms with van der Waals surface area (Å²) in [4.78, 5) is 24.8. The molecule has 0 saturated carbocycles. The van der Waals surface area contributed by atoms with Gasteiger partial charge in [-0.1, -0.05) is 121 Å². The van der Waals surface area contributed by atoms with Crippen molar-refractivity contribution in [1.29, 1.82) is 0 Å². The van der Waals surface area contributed by atoms with Gasteiger partial charge in [-0.25, -0.2) is 15.0 Å². The second-order valence-electron chi connectivity index (χ2n) is 17.1. The fraction of sp³-hybridized carbons (Fsp3) is 0.0328. The van der Waals surface area contributed by atoms with Gasteiger partial charge < -0.3 is 13.9 Å². The van der Waals surface area contributed by atoms with E-state index in [1.807, 2.05) is 109 Å². The molecule has 1 aliphatic heterocycles. The zero-order valence-electron chi connectivity index (χ0n) is 37.0. The van der Waals surface area contributed by atoms with Gasteiger partial charge in [-0.15, -0.1) is 0 Å². The van der Waals surface area contributed by atoms with Gasteiger partial charge in [0, 0.05) is 62.1 Å². The topological polar surface area (TPSA) is 96.1 Å². The van der Waals surface area contributed by atoms with Crippen molar-refractivity contribution in [2.45, 2.75) is 12.2 Å². The minimum Gasteiger partial charge on any atom is -0.478 e. The van der Waals surface area contributed by atoms with Crippen molar-refractivity contribution in [2.75, 3.05) is 0 Å². The average molecular weight is 890 g/mol. The number of hydrogen-bond acceptors (Lipinski definition) is 8. The molecule has 8 nitrogen and oxygen atoms in total. The highest BCUT2D eigenvalue weighted by Gasteiger charge is 2.33. The van der Waals surface area contributed by atoms with Gasteiger partial charge in [0.1, 0.15) is 11.2 Å². The first-order valence-electron chi connectivity index (χ1n) is 22.9. The summed E-state index contributed by atoms with van der Waals surface area (Å²) in [5, 5.41) is 2.05. The molecule has 2 atom stereocenters. The van der Waals surface area contributed by atoms with Crippen LogP contribution >= 0.6 is 0 Å². The number of rotatable bonds is 8. The van der Waals surface area contributed by atoms with Crippen molar-refractivity contribution < 1.29 is 13.9 Å². The Morgan fingerprint density at radius 2 is 0.812 bits per heavy atom. The lowest BCUT2D eigenvalue weighted by molar-refractivity contribution is 0.0769. The minimum atomic E-state index is -0.289. The summed E-state index contributed by atoms with van der Waals surface area (Å²) in [7, 11) is 0. The lowest BCUT2D eigenvalue weighted by atomic mass is 9.92. The minimum absolute atomic E-state index is 0.289. The molecule has 0 saturated heterocycles. The monoisotopic (exact) mass is 889 g/mol. The van der Waals surface area contributed by atoms with E-state index >= 15 is 0 Å². The average Bonchev–Trinajstić information content (AvgIpc) is 3.81. The van der Waals surface area contributed by atoms with Crippen LogP contribution in [0.3, 0.4) is 0 Å². The lowest BCUT2D eigenvalue weighted by Crippen LogP contribution is -2.38. The summed E-state index contributed by atoms with van der Waals surface area (Å²) in [6.45, 7) is 0. The quantitative estimate of drug-likeness (QED) is 0.149. The maximum atomic E-state index is 6.93. The van der Waals surface area contributed by atoms with Crippen molar-refractivity contribution in [3.05, 3.63) is 225 Å². The highest BCUT2D eigenvalue weighted by molar-refractivity contribution is 6.06. The van der Waals surface area contributed by atoms with E-state index in [9.17, 15) is 0 Å². The molecule has 5 heterocycles. The molecule has 4 aromatic heterocycles. The fourth-order valence-corrected chi connectivity index (χ4v) is 9.32. The second kappa shape index (κ2) is 16.9. The molecule has 2 unspecified atom stereocenters. The molecule has 0 bridgehead atoms. The third kappa shape index (κ3) is 7.50. The van der Waals surface area contributed by atoms with Gasteiger partial charge in [0.15, 0.2) is 41.2 Å². The molecule has 2 aliphatic rings. The summed E-state index contributed by atoms with van der Waals surface area (Å²) in [5.74, 6) is 3.05. The van der Waals surface area contributed by atoms with Crippen LogP contribution < -0.4 is 9.47 Å². The zero-order valence-corrected chi connectivity index (χ0v) is 37.0. The van der Waals surface area contributed by atoms with Crippen LogP contribution in [0.15, 0.2) is 229 Å². The Bertz CT molecular complexity index is 3720. The number of aromatic nitrogens is 5. The smallest absolute Gasteiger partial charge is 0.170 e. The predicted molar refractivity (Wildman–Crippen MR) is 273 cm³/mol. The van der Waals surface area contributed by atoms with Crippen molar-refractivity contribution in [3.8, 4) is 102 Å². The predicted octanol–water partition coefficient (Wildman–Crippen LogP) is 14.5. The number of pyridine rings is 2. The van der Waals surface area contributed by atoms with Crippen molar-refractivity contribution in [2.24, 2.45) is 0 Å². The molecular formula is C61H39N5O3. The van der Waals surface area contributed by atoms with E-state index in [0.29, 0.717) is 29.0 Å². The van der Waals surface area contributed by atoms with Crippen LogP contribution in [0.25, 0.3) is 112 Å². The van der Waals surface area contributed by atoms with Gasteiger partial charge in [-0.3, -0.25) is 9.97 Å². The highest BCUT2D eigenvalue weighted by Crippen LogP contribution is 2.50. The molecule has 326 valence electrons. The van der Waals surface area contributed by atoms with Crippen molar-refractivity contribution >= 4 is 21.9 Å². The molecule has 8 heteroatoms. The molecule has 0 N–H and O–H groups in total. The zero-order chi connectivity index (χ0) is 45.7. The first kappa shape index (κ1) is 40.0. The first-order valence-corrected chi connectivity index (χ1v) is 22.9. The summed E-state index contributed by atoms with van der Waals surface area (Å²) >= 11 is 0. The third-order valence-electron chi connectivity index (χ3n) is 12.8. The van der Waals surface area contributed by atoms with Gasteiger partial charge in [0.25, 0.3) is 0 Å². The fourth-order valence-electron chi connectivity index (χ4n) is 9.32. The maximum absolute atomic E-state index is 6.93. The number of para-hydroxylation sites is 1. The summed E-state index contributed by atoms with van der Waals surface area (Å²) in [6, 6.07) is 63.9. The summed E-state index contributed by atoms with van der Waals surface area (Å²) < 4.78 is 20.0. The Hall–Kier alpha value is -9.27. The lowest BCUT2D eigenvalue weighted by Gasteiger charge is -2.34. The molecule has 13 rings (SSSR count). The molecule has 69 heavy (non-hydrogen) atoms. The van der Waals surface area contributed by atoms with Gasteiger partial charge in [-0.05, 0) is 113 Å². The number of ether oxygens (including phenoxy) is 2. The third-order valence-corrected chi connectivity index (χ3v) is 12.8. The Morgan fingerprint density at radius 3 is 1.42 bits per heavy atom. The number of allylic oxidation sites excluding steroid dienone is 2. The van der Waals surface area contributed by atoms with Crippen molar-refractivity contribution in [3.63, 3.8) is 0 Å². The van der Waals surface area contributed by atoms with E-state index in [-0.39, 0.29) is 12.2 Å². The van der Waals surface area contributed by atoms with E-state index in [1.165, 1.54) is 0 Å². The Balaban J connectivity index is 0.913. The summed E-state index contributed by atoms with van der Waals surface area (Å²) in [5.41, 5.74) is 13.9. The van der Waals surface area contributed by atoms with E-state index in [0.717, 1.165) is 94.5 Å². The van der Waals surface area contributed by atoms with Gasteiger partial charge in [0.05, 0.1) is 11.4 Å². The van der Waals surface area contributed by atoms with Crippen LogP contribution in [-0.2, 0) is 0 Å². The van der Waals surface area contributed by atoms with Gasteiger partial charge in [0.2, 0.25) is 0 Å². The molecule has 0 amide bonds. The Labute approximate surface area is 397 Å². The second-order valence-corrected chi connectivity index (χ2v) is 17.1. The number of fused-ring (bicyclic) bond motifs is 5. The molecule has 1 aliphatic carbocycles. The largest absolute Gasteiger partial charge is 0.478 e. The number of benzene rings is 7. The van der Waals surface area contributed by atoms with Crippen LogP contribution in [-0.4, -0.2) is 37.1 Å². The Morgan fingerprint density at radius 1 is 0.333 bits per heavy atom. The molecular weight excluding hydrogens is 851 g/mol. The van der Waals surface area contributed by atoms with E-state index < -0.39 is 0 Å². The van der Waals surface area contributed by atoms with Gasteiger partial charge >= 0.3 is 0 Å². The van der Waals surface area contributed by atoms with E-state index in [4.69, 9.17) is 38.8 Å². The van der Waals surface area contributed by atoms with E-state index in [1.54, 1.807) is 0 Å². The molecule has 7 aromatic carbocycles. The maximum Gasteiger partial charge on any atom is 0.170 e.